The molecule has 31 heavy (non-hydrogen) atoms. The highest BCUT2D eigenvalue weighted by Crippen LogP contribution is 2.22. The molecule has 1 aliphatic carbocycles. The predicted octanol–water partition coefficient (Wildman–Crippen LogP) is 6.93. The van der Waals surface area contributed by atoms with Crippen LogP contribution in [0.25, 0.3) is 0 Å². The third-order valence-corrected chi connectivity index (χ3v) is 5.78. The molecule has 5 nitrogen and oxygen atoms in total. The van der Waals surface area contributed by atoms with Crippen LogP contribution in [0, 0.1) is 12.3 Å². The smallest absolute Gasteiger partial charge is 0.371 e. The lowest BCUT2D eigenvalue weighted by Crippen LogP contribution is -2.08. The number of aromatic carboxylic acids is 1. The average Bonchev–Trinajstić information content (AvgIpc) is 3.46. The predicted molar refractivity (Wildman–Crippen MR) is 121 cm³/mol. The molecule has 0 aliphatic heterocycles. The van der Waals surface area contributed by atoms with Crippen LogP contribution < -0.4 is 0 Å². The molecule has 0 saturated carbocycles. The summed E-state index contributed by atoms with van der Waals surface area (Å²) in [5.74, 6) is -0.0207. The van der Waals surface area contributed by atoms with Crippen LogP contribution in [0.3, 0.4) is 0 Å². The zero-order chi connectivity index (χ0) is 22.3. The fourth-order valence-electron chi connectivity index (χ4n) is 3.88. The maximum absolute atomic E-state index is 12.0. The summed E-state index contributed by atoms with van der Waals surface area (Å²) in [6, 6.07) is 2.76. The summed E-state index contributed by atoms with van der Waals surface area (Å²) >= 11 is 0. The summed E-state index contributed by atoms with van der Waals surface area (Å²) in [5, 5.41) is 8.81. The zero-order valence-corrected chi connectivity index (χ0v) is 18.6. The number of unbranched alkanes of at least 4 members (excludes halogenated alkanes) is 11. The van der Waals surface area contributed by atoms with Crippen molar-refractivity contribution in [1.29, 1.82) is 0 Å². The SMILES string of the molecule is O=C(CCCCCCCCCCCCCCC(=O)c1ccc(C(=O)O)o1)[C]1[CH]C=CC1. The van der Waals surface area contributed by atoms with E-state index in [9.17, 15) is 14.4 Å². The molecule has 0 atom stereocenters. The molecule has 0 bridgehead atoms. The Morgan fingerprint density at radius 3 is 1.65 bits per heavy atom. The molecule has 1 aromatic heterocycles. The van der Waals surface area contributed by atoms with Crippen LogP contribution >= 0.6 is 0 Å². The van der Waals surface area contributed by atoms with Gasteiger partial charge >= 0.3 is 5.97 Å². The molecule has 1 heterocycles. The number of rotatable bonds is 18. The van der Waals surface area contributed by atoms with Crippen LogP contribution in [0.1, 0.15) is 117 Å². The Bertz CT molecular complexity index is 707. The van der Waals surface area contributed by atoms with Gasteiger partial charge in [-0.15, -0.1) is 0 Å². The minimum absolute atomic E-state index is 0.121. The minimum atomic E-state index is -1.15. The molecule has 0 aromatic carbocycles. The fourth-order valence-corrected chi connectivity index (χ4v) is 3.88. The Hall–Kier alpha value is -2.17. The van der Waals surface area contributed by atoms with Crippen LogP contribution in [0.4, 0.5) is 0 Å². The van der Waals surface area contributed by atoms with Gasteiger partial charge in [0.25, 0.3) is 0 Å². The first kappa shape index (κ1) is 25.1. The first-order valence-electron chi connectivity index (χ1n) is 11.8. The largest absolute Gasteiger partial charge is 0.475 e. The Labute approximate surface area is 186 Å². The fraction of sp³-hybridized carbons (Fsp3) is 0.577. The van der Waals surface area contributed by atoms with E-state index < -0.39 is 5.97 Å². The summed E-state index contributed by atoms with van der Waals surface area (Å²) < 4.78 is 5.03. The molecule has 0 amide bonds. The van der Waals surface area contributed by atoms with E-state index in [1.807, 2.05) is 18.6 Å². The molecule has 5 heteroatoms. The van der Waals surface area contributed by atoms with Gasteiger partial charge in [0.1, 0.15) is 5.78 Å². The lowest BCUT2D eigenvalue weighted by molar-refractivity contribution is -0.117. The van der Waals surface area contributed by atoms with Crippen LogP contribution in [0.2, 0.25) is 0 Å². The second-order valence-electron chi connectivity index (χ2n) is 8.38. The third kappa shape index (κ3) is 10.1. The zero-order valence-electron chi connectivity index (χ0n) is 18.6. The monoisotopic (exact) mass is 428 g/mol. The van der Waals surface area contributed by atoms with Gasteiger partial charge in [-0.25, -0.2) is 4.79 Å². The summed E-state index contributed by atoms with van der Waals surface area (Å²) in [4.78, 5) is 34.7. The van der Waals surface area contributed by atoms with Crippen molar-refractivity contribution >= 4 is 17.5 Å². The van der Waals surface area contributed by atoms with Crippen LogP contribution in [-0.2, 0) is 4.79 Å². The second-order valence-corrected chi connectivity index (χ2v) is 8.38. The van der Waals surface area contributed by atoms with E-state index in [-0.39, 0.29) is 17.3 Å². The number of allylic oxidation sites excluding steroid dienone is 2. The van der Waals surface area contributed by atoms with Crippen LogP contribution in [0.15, 0.2) is 28.7 Å². The second kappa shape index (κ2) is 14.8. The van der Waals surface area contributed by atoms with Gasteiger partial charge in [0.15, 0.2) is 11.5 Å². The number of hydrogen-bond donors (Lipinski definition) is 1. The van der Waals surface area contributed by atoms with Crippen molar-refractivity contribution in [3.8, 4) is 0 Å². The van der Waals surface area contributed by atoms with Crippen molar-refractivity contribution < 1.29 is 23.9 Å². The van der Waals surface area contributed by atoms with E-state index in [4.69, 9.17) is 9.52 Å². The Kier molecular flexibility index (Phi) is 12.0. The van der Waals surface area contributed by atoms with Crippen LogP contribution in [-0.4, -0.2) is 22.6 Å². The first-order valence-corrected chi connectivity index (χ1v) is 11.8. The molecule has 170 valence electrons. The minimum Gasteiger partial charge on any atom is -0.475 e. The number of carbonyl (C=O) groups excluding carboxylic acids is 2. The average molecular weight is 429 g/mol. The van der Waals surface area contributed by atoms with E-state index in [2.05, 4.69) is 0 Å². The van der Waals surface area contributed by atoms with Crippen LogP contribution in [0.5, 0.6) is 0 Å². The molecule has 2 radical (unpaired) electrons. The van der Waals surface area contributed by atoms with Gasteiger partial charge in [-0.05, 0) is 37.8 Å². The summed E-state index contributed by atoms with van der Waals surface area (Å²) in [6.07, 6.45) is 21.8. The van der Waals surface area contributed by atoms with Crippen molar-refractivity contribution in [1.82, 2.24) is 0 Å². The van der Waals surface area contributed by atoms with E-state index in [1.54, 1.807) is 0 Å². The molecule has 2 rings (SSSR count). The highest BCUT2D eigenvalue weighted by atomic mass is 16.4. The number of carbonyl (C=O) groups is 3. The number of Topliss-reactive ketones (excluding diaryl/α,β-unsaturated/α-hetero) is 2. The van der Waals surface area contributed by atoms with Crippen molar-refractivity contribution in [2.45, 2.75) is 96.3 Å². The number of carboxylic acid groups (broad SMARTS) is 1. The lowest BCUT2D eigenvalue weighted by Gasteiger charge is -2.06. The van der Waals surface area contributed by atoms with E-state index in [0.717, 1.165) is 44.4 Å². The Morgan fingerprint density at radius 1 is 0.710 bits per heavy atom. The summed E-state index contributed by atoms with van der Waals surface area (Å²) in [7, 11) is 0. The van der Waals surface area contributed by atoms with Gasteiger partial charge < -0.3 is 9.52 Å². The number of hydrogen-bond acceptors (Lipinski definition) is 4. The van der Waals surface area contributed by atoms with Gasteiger partial charge in [-0.2, -0.15) is 0 Å². The highest BCUT2D eigenvalue weighted by Gasteiger charge is 2.19. The van der Waals surface area contributed by atoms with Crippen molar-refractivity contribution in [3.63, 3.8) is 0 Å². The van der Waals surface area contributed by atoms with Gasteiger partial charge in [0.05, 0.1) is 5.92 Å². The first-order chi connectivity index (χ1) is 15.1. The molecule has 0 unspecified atom stereocenters. The van der Waals surface area contributed by atoms with Gasteiger partial charge in [-0.3, -0.25) is 9.59 Å². The Morgan fingerprint density at radius 2 is 1.19 bits per heavy atom. The number of furan rings is 1. The maximum Gasteiger partial charge on any atom is 0.371 e. The maximum atomic E-state index is 12.0. The standard InChI is InChI=1S/C26H36O5/c27-22(21-15-13-14-16-21)17-11-9-7-5-3-1-2-4-6-8-10-12-18-23(28)24-19-20-25(31-24)26(29)30/h13-15,19-20H,1-12,16-18H2,(H,29,30). The normalized spacial score (nSPS) is 13.7. The molecule has 0 saturated heterocycles. The molecular weight excluding hydrogens is 392 g/mol. The molecule has 1 N–H and O–H groups in total. The molecule has 1 aromatic rings. The summed E-state index contributed by atoms with van der Waals surface area (Å²) in [6.45, 7) is 0. The quantitative estimate of drug-likeness (QED) is 0.202. The van der Waals surface area contributed by atoms with E-state index in [0.29, 0.717) is 18.6 Å². The Balaban J connectivity index is 1.32. The summed E-state index contributed by atoms with van der Waals surface area (Å²) in [5.41, 5.74) is 0. The third-order valence-electron chi connectivity index (χ3n) is 5.78. The number of ketones is 2. The van der Waals surface area contributed by atoms with Gasteiger partial charge in [0, 0.05) is 12.8 Å². The van der Waals surface area contributed by atoms with Crippen molar-refractivity contribution in [3.05, 3.63) is 48.1 Å². The molecule has 0 fully saturated rings. The molecular formula is C26H36O5. The highest BCUT2D eigenvalue weighted by molar-refractivity contribution is 5.95. The van der Waals surface area contributed by atoms with E-state index in [1.165, 1.54) is 57.1 Å². The lowest BCUT2D eigenvalue weighted by atomic mass is 9.96. The number of carboxylic acids is 1. The molecule has 1 aliphatic rings. The van der Waals surface area contributed by atoms with Crippen molar-refractivity contribution in [2.24, 2.45) is 0 Å². The van der Waals surface area contributed by atoms with Crippen molar-refractivity contribution in [2.75, 3.05) is 0 Å². The molecule has 0 spiro atoms. The van der Waals surface area contributed by atoms with E-state index >= 15 is 0 Å². The van der Waals surface area contributed by atoms with Gasteiger partial charge in [-0.1, -0.05) is 76.4 Å². The topological polar surface area (TPSA) is 84.6 Å². The van der Waals surface area contributed by atoms with Gasteiger partial charge in [0.2, 0.25) is 5.76 Å².